The van der Waals surface area contributed by atoms with E-state index in [0.717, 1.165) is 0 Å². The van der Waals surface area contributed by atoms with Crippen molar-refractivity contribution < 1.29 is 14.6 Å². The lowest BCUT2D eigenvalue weighted by Crippen LogP contribution is -2.31. The average molecular weight is 131 g/mol. The topological polar surface area (TPSA) is 75.8 Å². The molecule has 4 nitrogen and oxygen atoms in total. The van der Waals surface area contributed by atoms with Crippen LogP contribution in [0, 0.1) is 0 Å². The second-order valence-electron chi connectivity index (χ2n) is 2.14. The van der Waals surface area contributed by atoms with E-state index in [1.54, 1.807) is 0 Å². The number of hydrogen-bond donors (Lipinski definition) is 2. The Kier molecular flexibility index (Phi) is 1.68. The lowest BCUT2D eigenvalue weighted by Gasteiger charge is -2.00. The predicted octanol–water partition coefficient (Wildman–Crippen LogP) is -0.813. The third kappa shape index (κ3) is 1.99. The molecule has 1 aliphatic rings. The predicted molar refractivity (Wildman–Crippen MR) is 30.0 cm³/mol. The summed E-state index contributed by atoms with van der Waals surface area (Å²) in [6, 6.07) is -0.752. The van der Waals surface area contributed by atoms with Crippen molar-refractivity contribution in [3.8, 4) is 0 Å². The summed E-state index contributed by atoms with van der Waals surface area (Å²) in [6.45, 7) is 0.668. The molecule has 4 heteroatoms. The fraction of sp³-hybridized carbons (Fsp3) is 0.800. The summed E-state index contributed by atoms with van der Waals surface area (Å²) in [5.74, 6) is -0.953. The van der Waals surface area contributed by atoms with Gasteiger partial charge in [0.05, 0.1) is 12.7 Å². The van der Waals surface area contributed by atoms with Crippen LogP contribution in [-0.4, -0.2) is 29.8 Å². The molecule has 1 heterocycles. The molecule has 0 aromatic heterocycles. The van der Waals surface area contributed by atoms with Crippen molar-refractivity contribution in [3.05, 3.63) is 0 Å². The minimum absolute atomic E-state index is 0.107. The van der Waals surface area contributed by atoms with E-state index in [2.05, 4.69) is 0 Å². The van der Waals surface area contributed by atoms with Gasteiger partial charge in [0.2, 0.25) is 0 Å². The van der Waals surface area contributed by atoms with Gasteiger partial charge in [-0.25, -0.2) is 0 Å². The molecule has 1 saturated heterocycles. The Morgan fingerprint density at radius 3 is 2.89 bits per heavy atom. The third-order valence-corrected chi connectivity index (χ3v) is 1.24. The zero-order chi connectivity index (χ0) is 6.85. The maximum atomic E-state index is 10.1. The molecule has 0 saturated carbocycles. The maximum Gasteiger partial charge on any atom is 0.320 e. The van der Waals surface area contributed by atoms with E-state index in [1.165, 1.54) is 0 Å². The highest BCUT2D eigenvalue weighted by Crippen LogP contribution is 2.14. The fourth-order valence-electron chi connectivity index (χ4n) is 0.588. The Balaban J connectivity index is 2.16. The Bertz CT molecular complexity index is 121. The van der Waals surface area contributed by atoms with E-state index < -0.39 is 12.0 Å². The van der Waals surface area contributed by atoms with Crippen LogP contribution in [0.15, 0.2) is 0 Å². The maximum absolute atomic E-state index is 10.1. The van der Waals surface area contributed by atoms with Gasteiger partial charge in [0.15, 0.2) is 0 Å². The van der Waals surface area contributed by atoms with Crippen LogP contribution in [-0.2, 0) is 9.53 Å². The number of carbonyl (C=O) groups is 1. The quantitative estimate of drug-likeness (QED) is 0.491. The number of carboxylic acids is 1. The smallest absolute Gasteiger partial charge is 0.320 e. The molecule has 1 aliphatic heterocycles. The first-order valence-corrected chi connectivity index (χ1v) is 2.80. The highest BCUT2D eigenvalue weighted by molar-refractivity contribution is 5.73. The van der Waals surface area contributed by atoms with Crippen LogP contribution in [0.5, 0.6) is 0 Å². The number of aliphatic carboxylic acids is 1. The number of carboxylic acid groups (broad SMARTS) is 1. The lowest BCUT2D eigenvalue weighted by atomic mass is 10.2. The molecule has 0 amide bonds. The van der Waals surface area contributed by atoms with Gasteiger partial charge in [-0.1, -0.05) is 0 Å². The van der Waals surface area contributed by atoms with Crippen LogP contribution in [0.3, 0.4) is 0 Å². The molecule has 3 N–H and O–H groups in total. The Morgan fingerprint density at radius 2 is 2.56 bits per heavy atom. The summed E-state index contributed by atoms with van der Waals surface area (Å²) in [6.07, 6.45) is 0.547. The SMILES string of the molecule is N[C@@H](C[C@H]1CO1)C(=O)O. The van der Waals surface area contributed by atoms with Gasteiger partial charge in [0.25, 0.3) is 0 Å². The number of hydrogen-bond acceptors (Lipinski definition) is 3. The molecular weight excluding hydrogens is 122 g/mol. The van der Waals surface area contributed by atoms with Crippen molar-refractivity contribution in [2.75, 3.05) is 6.61 Å². The van der Waals surface area contributed by atoms with Gasteiger partial charge >= 0.3 is 5.97 Å². The summed E-state index contributed by atoms with van der Waals surface area (Å²) in [4.78, 5) is 10.1. The van der Waals surface area contributed by atoms with E-state index in [-0.39, 0.29) is 6.10 Å². The summed E-state index contributed by atoms with van der Waals surface area (Å²) in [7, 11) is 0. The second-order valence-corrected chi connectivity index (χ2v) is 2.14. The zero-order valence-electron chi connectivity index (χ0n) is 4.91. The molecular formula is C5H9NO3. The van der Waals surface area contributed by atoms with Gasteiger partial charge in [-0.05, 0) is 0 Å². The first-order chi connectivity index (χ1) is 4.20. The molecule has 0 unspecified atom stereocenters. The van der Waals surface area contributed by atoms with Crippen molar-refractivity contribution in [2.45, 2.75) is 18.6 Å². The van der Waals surface area contributed by atoms with E-state index in [1.807, 2.05) is 0 Å². The van der Waals surface area contributed by atoms with Crippen LogP contribution in [0.25, 0.3) is 0 Å². The highest BCUT2D eigenvalue weighted by atomic mass is 16.6. The van der Waals surface area contributed by atoms with Crippen molar-refractivity contribution in [2.24, 2.45) is 5.73 Å². The second kappa shape index (κ2) is 2.33. The van der Waals surface area contributed by atoms with Crippen LogP contribution >= 0.6 is 0 Å². The number of epoxide rings is 1. The van der Waals surface area contributed by atoms with Gasteiger partial charge in [-0.15, -0.1) is 0 Å². The minimum Gasteiger partial charge on any atom is -0.480 e. The summed E-state index contributed by atoms with van der Waals surface area (Å²) < 4.78 is 4.79. The van der Waals surface area contributed by atoms with Crippen molar-refractivity contribution >= 4 is 5.97 Å². The standard InChI is InChI=1S/C5H9NO3/c6-4(5(7)8)1-3-2-9-3/h3-4H,1-2,6H2,(H,7,8)/t3-,4-/m0/s1. The van der Waals surface area contributed by atoms with Gasteiger partial charge in [-0.2, -0.15) is 0 Å². The van der Waals surface area contributed by atoms with Crippen LogP contribution in [0.2, 0.25) is 0 Å². The molecule has 0 aromatic rings. The molecule has 52 valence electrons. The third-order valence-electron chi connectivity index (χ3n) is 1.24. The van der Waals surface area contributed by atoms with Gasteiger partial charge < -0.3 is 15.6 Å². The first kappa shape index (κ1) is 6.51. The average Bonchev–Trinajstić information content (AvgIpc) is 2.50. The van der Waals surface area contributed by atoms with E-state index in [0.29, 0.717) is 13.0 Å². The monoisotopic (exact) mass is 131 g/mol. The van der Waals surface area contributed by atoms with Crippen molar-refractivity contribution in [1.29, 1.82) is 0 Å². The van der Waals surface area contributed by atoms with Gasteiger partial charge in [0.1, 0.15) is 6.04 Å². The zero-order valence-corrected chi connectivity index (χ0v) is 4.91. The number of ether oxygens (including phenoxy) is 1. The van der Waals surface area contributed by atoms with Crippen molar-refractivity contribution in [1.82, 2.24) is 0 Å². The van der Waals surface area contributed by atoms with Gasteiger partial charge in [0, 0.05) is 6.42 Å². The van der Waals surface area contributed by atoms with Crippen molar-refractivity contribution in [3.63, 3.8) is 0 Å². The molecule has 2 atom stereocenters. The Labute approximate surface area is 52.6 Å². The molecule has 0 bridgehead atoms. The Hall–Kier alpha value is -0.610. The van der Waals surface area contributed by atoms with E-state index in [9.17, 15) is 4.79 Å². The number of nitrogens with two attached hydrogens (primary N) is 1. The van der Waals surface area contributed by atoms with Crippen LogP contribution in [0.4, 0.5) is 0 Å². The Morgan fingerprint density at radius 1 is 2.00 bits per heavy atom. The van der Waals surface area contributed by atoms with E-state index in [4.69, 9.17) is 15.6 Å². The van der Waals surface area contributed by atoms with Gasteiger partial charge in [-0.3, -0.25) is 4.79 Å². The summed E-state index contributed by atoms with van der Waals surface area (Å²) in [5.41, 5.74) is 5.18. The molecule has 9 heavy (non-hydrogen) atoms. The number of rotatable bonds is 3. The largest absolute Gasteiger partial charge is 0.480 e. The molecule has 1 fully saturated rings. The summed E-state index contributed by atoms with van der Waals surface area (Å²) >= 11 is 0. The summed E-state index contributed by atoms with van der Waals surface area (Å²) in [5, 5.41) is 8.28. The minimum atomic E-state index is -0.953. The van der Waals surface area contributed by atoms with E-state index >= 15 is 0 Å². The molecule has 0 radical (unpaired) electrons. The molecule has 0 aliphatic carbocycles. The molecule has 0 aromatic carbocycles. The fourth-order valence-corrected chi connectivity index (χ4v) is 0.588. The van der Waals surface area contributed by atoms with Crippen LogP contribution in [0.1, 0.15) is 6.42 Å². The first-order valence-electron chi connectivity index (χ1n) is 2.80. The van der Waals surface area contributed by atoms with Crippen LogP contribution < -0.4 is 5.73 Å². The molecule has 1 rings (SSSR count). The normalized spacial score (nSPS) is 27.4. The molecule has 0 spiro atoms. The lowest BCUT2D eigenvalue weighted by molar-refractivity contribution is -0.138. The highest BCUT2D eigenvalue weighted by Gasteiger charge is 2.27.